The lowest BCUT2D eigenvalue weighted by molar-refractivity contribution is 0.0486. The van der Waals surface area contributed by atoms with Crippen LogP contribution in [0.1, 0.15) is 39.5 Å². The Morgan fingerprint density at radius 2 is 1.87 bits per heavy atom. The molecule has 0 aliphatic carbocycles. The van der Waals surface area contributed by atoms with Gasteiger partial charge in [0.05, 0.1) is 12.1 Å². The largest absolute Gasteiger partial charge is 0.497 e. The van der Waals surface area contributed by atoms with E-state index in [1.807, 2.05) is 35.7 Å². The van der Waals surface area contributed by atoms with Crippen LogP contribution in [-0.4, -0.2) is 37.8 Å². The molecule has 0 saturated carbocycles. The van der Waals surface area contributed by atoms with Gasteiger partial charge in [0.25, 0.3) is 5.91 Å². The van der Waals surface area contributed by atoms with Crippen molar-refractivity contribution in [3.05, 3.63) is 81.8 Å². The van der Waals surface area contributed by atoms with Crippen LogP contribution in [0.3, 0.4) is 0 Å². The molecule has 0 unspecified atom stereocenters. The van der Waals surface area contributed by atoms with E-state index in [4.69, 9.17) is 9.47 Å². The van der Waals surface area contributed by atoms with Crippen LogP contribution in [0.4, 0.5) is 0 Å². The number of amides is 1. The van der Waals surface area contributed by atoms with Crippen LogP contribution in [0.5, 0.6) is 5.75 Å². The second-order valence-corrected chi connectivity index (χ2v) is 8.54. The molecular formula is C24H26N2O3S. The maximum Gasteiger partial charge on any atom is 0.270 e. The maximum absolute atomic E-state index is 12.8. The van der Waals surface area contributed by atoms with Gasteiger partial charge in [-0.25, -0.2) is 4.98 Å². The summed E-state index contributed by atoms with van der Waals surface area (Å²) < 4.78 is 10.9. The van der Waals surface area contributed by atoms with Crippen molar-refractivity contribution in [3.63, 3.8) is 0 Å². The number of methoxy groups -OCH3 is 1. The molecule has 1 saturated heterocycles. The number of thiazole rings is 1. The molecule has 30 heavy (non-hydrogen) atoms. The van der Waals surface area contributed by atoms with Crippen molar-refractivity contribution in [2.75, 3.05) is 26.9 Å². The highest BCUT2D eigenvalue weighted by Crippen LogP contribution is 2.35. The number of carbonyl (C=O) groups is 1. The van der Waals surface area contributed by atoms with Crippen molar-refractivity contribution in [3.8, 4) is 5.75 Å². The zero-order chi connectivity index (χ0) is 20.8. The molecule has 1 fully saturated rings. The highest BCUT2D eigenvalue weighted by atomic mass is 32.1. The van der Waals surface area contributed by atoms with Crippen molar-refractivity contribution in [2.45, 2.75) is 24.7 Å². The van der Waals surface area contributed by atoms with E-state index in [1.165, 1.54) is 22.5 Å². The molecule has 1 N–H and O–H groups in total. The third-order valence-electron chi connectivity index (χ3n) is 5.72. The Labute approximate surface area is 181 Å². The van der Waals surface area contributed by atoms with Gasteiger partial charge < -0.3 is 14.8 Å². The van der Waals surface area contributed by atoms with Gasteiger partial charge in [0.2, 0.25) is 0 Å². The molecule has 3 aromatic rings. The van der Waals surface area contributed by atoms with Gasteiger partial charge >= 0.3 is 0 Å². The number of benzene rings is 2. The molecule has 2 aromatic carbocycles. The van der Waals surface area contributed by atoms with Crippen LogP contribution in [0.2, 0.25) is 0 Å². The lowest BCUT2D eigenvalue weighted by atomic mass is 9.74. The van der Waals surface area contributed by atoms with Crippen LogP contribution < -0.4 is 10.1 Å². The predicted molar refractivity (Wildman–Crippen MR) is 118 cm³/mol. The van der Waals surface area contributed by atoms with Gasteiger partial charge in [0.15, 0.2) is 0 Å². The molecule has 1 aliphatic heterocycles. The average molecular weight is 423 g/mol. The predicted octanol–water partition coefficient (Wildman–Crippen LogP) is 4.22. The molecule has 4 rings (SSSR count). The fourth-order valence-corrected chi connectivity index (χ4v) is 4.69. The normalized spacial score (nSPS) is 15.5. The zero-order valence-electron chi connectivity index (χ0n) is 17.1. The summed E-state index contributed by atoms with van der Waals surface area (Å²) in [7, 11) is 1.67. The van der Waals surface area contributed by atoms with E-state index in [2.05, 4.69) is 34.6 Å². The molecule has 2 heterocycles. The topological polar surface area (TPSA) is 60.5 Å². The quantitative estimate of drug-likeness (QED) is 0.619. The van der Waals surface area contributed by atoms with Crippen molar-refractivity contribution in [1.29, 1.82) is 0 Å². The van der Waals surface area contributed by atoms with Gasteiger partial charge in [-0.2, -0.15) is 0 Å². The Morgan fingerprint density at radius 1 is 1.13 bits per heavy atom. The number of nitrogens with zero attached hydrogens (tertiary/aromatic N) is 1. The molecule has 1 amide bonds. The van der Waals surface area contributed by atoms with E-state index < -0.39 is 0 Å². The summed E-state index contributed by atoms with van der Waals surface area (Å²) >= 11 is 1.53. The maximum atomic E-state index is 12.8. The molecule has 1 aromatic heterocycles. The first-order chi connectivity index (χ1) is 14.7. The summed E-state index contributed by atoms with van der Waals surface area (Å²) in [6.45, 7) is 1.95. The first-order valence-electron chi connectivity index (χ1n) is 10.2. The summed E-state index contributed by atoms with van der Waals surface area (Å²) in [5.74, 6) is 0.711. The minimum atomic E-state index is -0.136. The second kappa shape index (κ2) is 9.41. The summed E-state index contributed by atoms with van der Waals surface area (Å²) in [5, 5.41) is 5.92. The Morgan fingerprint density at radius 3 is 2.57 bits per heavy atom. The first kappa shape index (κ1) is 20.6. The van der Waals surface area contributed by atoms with Gasteiger partial charge in [-0.15, -0.1) is 11.3 Å². The Bertz CT molecular complexity index is 964. The fourth-order valence-electron chi connectivity index (χ4n) is 3.88. The second-order valence-electron chi connectivity index (χ2n) is 7.59. The van der Waals surface area contributed by atoms with Crippen LogP contribution in [-0.2, 0) is 16.6 Å². The number of hydrogen-bond acceptors (Lipinski definition) is 5. The number of hydrogen-bond donors (Lipinski definition) is 1. The van der Waals surface area contributed by atoms with Crippen molar-refractivity contribution in [2.24, 2.45) is 0 Å². The molecule has 6 heteroatoms. The van der Waals surface area contributed by atoms with E-state index in [0.717, 1.165) is 30.0 Å². The zero-order valence-corrected chi connectivity index (χ0v) is 17.9. The third-order valence-corrected chi connectivity index (χ3v) is 6.57. The molecule has 156 valence electrons. The number of carbonyl (C=O) groups excluding carboxylic acids is 1. The van der Waals surface area contributed by atoms with E-state index in [-0.39, 0.29) is 11.3 Å². The van der Waals surface area contributed by atoms with E-state index in [1.54, 1.807) is 7.11 Å². The van der Waals surface area contributed by atoms with E-state index in [9.17, 15) is 4.79 Å². The van der Waals surface area contributed by atoms with Crippen molar-refractivity contribution < 1.29 is 14.3 Å². The van der Waals surface area contributed by atoms with Gasteiger partial charge in [-0.05, 0) is 36.1 Å². The summed E-state index contributed by atoms with van der Waals surface area (Å²) in [6.07, 6.45) is 2.48. The summed E-state index contributed by atoms with van der Waals surface area (Å²) in [5.41, 5.74) is 2.75. The van der Waals surface area contributed by atoms with Crippen LogP contribution in [0.25, 0.3) is 0 Å². The monoisotopic (exact) mass is 422 g/mol. The number of ether oxygens (including phenoxy) is 2. The molecule has 0 bridgehead atoms. The molecule has 1 aliphatic rings. The summed E-state index contributed by atoms with van der Waals surface area (Å²) in [6, 6.07) is 18.3. The first-order valence-corrected chi connectivity index (χ1v) is 11.1. The molecule has 0 atom stereocenters. The van der Waals surface area contributed by atoms with Crippen molar-refractivity contribution in [1.82, 2.24) is 10.3 Å². The highest BCUT2D eigenvalue weighted by Gasteiger charge is 2.35. The number of rotatable bonds is 7. The lowest BCUT2D eigenvalue weighted by Crippen LogP contribution is -2.44. The SMILES string of the molecule is COc1ccc(C2(CNC(=O)c3csc(Cc4ccccc4)n3)CCOCC2)cc1. The molecular weight excluding hydrogens is 396 g/mol. The van der Waals surface area contributed by atoms with Gasteiger partial charge in [0, 0.05) is 37.0 Å². The standard InChI is InChI=1S/C24H26N2O3S/c1-28-20-9-7-19(8-10-20)24(11-13-29-14-12-24)17-25-23(27)21-16-30-22(26-21)15-18-5-3-2-4-6-18/h2-10,16H,11-15,17H2,1H3,(H,25,27). The van der Waals surface area contributed by atoms with Crippen LogP contribution in [0.15, 0.2) is 60.0 Å². The molecule has 5 nitrogen and oxygen atoms in total. The summed E-state index contributed by atoms with van der Waals surface area (Å²) in [4.78, 5) is 17.4. The molecule has 0 spiro atoms. The van der Waals surface area contributed by atoms with E-state index >= 15 is 0 Å². The van der Waals surface area contributed by atoms with E-state index in [0.29, 0.717) is 25.5 Å². The number of nitrogens with one attached hydrogen (secondary N) is 1. The lowest BCUT2D eigenvalue weighted by Gasteiger charge is -2.38. The average Bonchev–Trinajstić information content (AvgIpc) is 3.27. The van der Waals surface area contributed by atoms with Gasteiger partial charge in [-0.3, -0.25) is 4.79 Å². The Kier molecular flexibility index (Phi) is 6.45. The Balaban J connectivity index is 1.44. The number of aromatic nitrogens is 1. The highest BCUT2D eigenvalue weighted by molar-refractivity contribution is 7.09. The van der Waals surface area contributed by atoms with Crippen LogP contribution >= 0.6 is 11.3 Å². The van der Waals surface area contributed by atoms with Crippen molar-refractivity contribution >= 4 is 17.2 Å². The minimum absolute atomic E-state index is 0.120. The Hall–Kier alpha value is -2.70. The van der Waals surface area contributed by atoms with Crippen LogP contribution in [0, 0.1) is 0 Å². The third kappa shape index (κ3) is 4.71. The van der Waals surface area contributed by atoms with Gasteiger partial charge in [0.1, 0.15) is 11.4 Å². The molecule has 0 radical (unpaired) electrons. The van der Waals surface area contributed by atoms with Gasteiger partial charge in [-0.1, -0.05) is 42.5 Å². The smallest absolute Gasteiger partial charge is 0.270 e. The minimum Gasteiger partial charge on any atom is -0.497 e. The fraction of sp³-hybridized carbons (Fsp3) is 0.333.